The second kappa shape index (κ2) is 7.32. The predicted molar refractivity (Wildman–Crippen MR) is 88.4 cm³/mol. The van der Waals surface area contributed by atoms with E-state index in [1.54, 1.807) is 31.7 Å². The molecule has 0 aromatic heterocycles. The molecular weight excluding hydrogens is 310 g/mol. The summed E-state index contributed by atoms with van der Waals surface area (Å²) in [7, 11) is 0. The molecule has 2 N–H and O–H groups in total. The number of rotatable bonds is 4. The van der Waals surface area contributed by atoms with Gasteiger partial charge in [0, 0.05) is 13.0 Å². The third-order valence-electron chi connectivity index (χ3n) is 4.11. The number of benzene rings is 1. The zero-order valence-electron chi connectivity index (χ0n) is 14.4. The summed E-state index contributed by atoms with van der Waals surface area (Å²) in [5.74, 6) is 0. The highest BCUT2D eigenvalue weighted by Crippen LogP contribution is 2.34. The minimum Gasteiger partial charge on any atom is -0.444 e. The molecular formula is C18H25NO5. The van der Waals surface area contributed by atoms with Crippen molar-refractivity contribution in [3.8, 4) is 0 Å². The molecule has 1 atom stereocenters. The standard InChI is InChI=1S/C18H25NO5/c1-18(2,3)24-17(23)19-6-4-12-8-13(10-21)14(11-22)9-15(12)16(19)5-7-20/h7-9,16,21-22H,4-6,10-11H2,1-3H3/t16-/m1/s1. The summed E-state index contributed by atoms with van der Waals surface area (Å²) in [6.45, 7) is 5.49. The number of aliphatic hydroxyl groups excluding tert-OH is 2. The van der Waals surface area contributed by atoms with E-state index in [1.807, 2.05) is 6.07 Å². The smallest absolute Gasteiger partial charge is 0.410 e. The van der Waals surface area contributed by atoms with Gasteiger partial charge in [-0.2, -0.15) is 0 Å². The number of hydrogen-bond acceptors (Lipinski definition) is 5. The fourth-order valence-electron chi connectivity index (χ4n) is 3.03. The van der Waals surface area contributed by atoms with E-state index in [-0.39, 0.29) is 19.6 Å². The van der Waals surface area contributed by atoms with Gasteiger partial charge in [0.15, 0.2) is 0 Å². The van der Waals surface area contributed by atoms with E-state index in [0.29, 0.717) is 24.1 Å². The van der Waals surface area contributed by atoms with Crippen LogP contribution >= 0.6 is 0 Å². The maximum Gasteiger partial charge on any atom is 0.410 e. The summed E-state index contributed by atoms with van der Waals surface area (Å²) in [6, 6.07) is 3.22. The van der Waals surface area contributed by atoms with E-state index < -0.39 is 17.7 Å². The number of hydrogen-bond donors (Lipinski definition) is 2. The van der Waals surface area contributed by atoms with Crippen molar-refractivity contribution in [2.75, 3.05) is 6.54 Å². The Hall–Kier alpha value is -1.92. The Morgan fingerprint density at radius 1 is 1.29 bits per heavy atom. The van der Waals surface area contributed by atoms with Crippen LogP contribution in [0.4, 0.5) is 4.79 Å². The summed E-state index contributed by atoms with van der Waals surface area (Å²) >= 11 is 0. The number of amides is 1. The molecule has 0 spiro atoms. The van der Waals surface area contributed by atoms with Crippen molar-refractivity contribution >= 4 is 12.4 Å². The van der Waals surface area contributed by atoms with Crippen molar-refractivity contribution in [1.29, 1.82) is 0 Å². The van der Waals surface area contributed by atoms with Crippen molar-refractivity contribution in [1.82, 2.24) is 4.90 Å². The first kappa shape index (κ1) is 18.4. The molecule has 1 aromatic carbocycles. The molecule has 132 valence electrons. The molecule has 0 aliphatic carbocycles. The second-order valence-corrected chi connectivity index (χ2v) is 6.98. The van der Waals surface area contributed by atoms with Crippen LogP contribution in [-0.4, -0.2) is 39.6 Å². The molecule has 0 bridgehead atoms. The first-order valence-corrected chi connectivity index (χ1v) is 8.10. The lowest BCUT2D eigenvalue weighted by Crippen LogP contribution is -2.43. The highest BCUT2D eigenvalue weighted by atomic mass is 16.6. The number of aliphatic hydroxyl groups is 2. The third kappa shape index (κ3) is 3.94. The lowest BCUT2D eigenvalue weighted by Gasteiger charge is -2.38. The maximum atomic E-state index is 12.5. The highest BCUT2D eigenvalue weighted by molar-refractivity contribution is 5.70. The molecule has 0 saturated carbocycles. The van der Waals surface area contributed by atoms with Gasteiger partial charge in [0.1, 0.15) is 11.9 Å². The Kier molecular flexibility index (Phi) is 5.62. The molecule has 0 radical (unpaired) electrons. The van der Waals surface area contributed by atoms with Gasteiger partial charge < -0.3 is 24.6 Å². The van der Waals surface area contributed by atoms with Crippen molar-refractivity contribution in [3.05, 3.63) is 34.4 Å². The Bertz CT molecular complexity index is 621. The number of carbonyl (C=O) groups is 2. The summed E-state index contributed by atoms with van der Waals surface area (Å²) < 4.78 is 5.45. The SMILES string of the molecule is CC(C)(C)OC(=O)N1CCc2cc(CO)c(CO)cc2[C@H]1CC=O. The number of fused-ring (bicyclic) bond motifs is 1. The van der Waals surface area contributed by atoms with Crippen molar-refractivity contribution in [2.24, 2.45) is 0 Å². The summed E-state index contributed by atoms with van der Waals surface area (Å²) in [4.78, 5) is 25.2. The first-order chi connectivity index (χ1) is 11.3. The number of aldehydes is 1. The van der Waals surface area contributed by atoms with Gasteiger partial charge >= 0.3 is 6.09 Å². The lowest BCUT2D eigenvalue weighted by atomic mass is 9.87. The second-order valence-electron chi connectivity index (χ2n) is 6.98. The zero-order chi connectivity index (χ0) is 17.9. The van der Waals surface area contributed by atoms with Gasteiger partial charge in [-0.3, -0.25) is 0 Å². The van der Waals surface area contributed by atoms with Crippen LogP contribution in [0.15, 0.2) is 12.1 Å². The predicted octanol–water partition coefficient (Wildman–Crippen LogP) is 2.09. The summed E-state index contributed by atoms with van der Waals surface area (Å²) in [5, 5.41) is 18.9. The average molecular weight is 335 g/mol. The van der Waals surface area contributed by atoms with E-state index in [4.69, 9.17) is 4.74 Å². The fraction of sp³-hybridized carbons (Fsp3) is 0.556. The molecule has 1 heterocycles. The van der Waals surface area contributed by atoms with Gasteiger partial charge in [0.2, 0.25) is 0 Å². The van der Waals surface area contributed by atoms with Gasteiger partial charge in [0.05, 0.1) is 19.3 Å². The Labute approximate surface area is 142 Å². The minimum absolute atomic E-state index is 0.155. The minimum atomic E-state index is -0.611. The maximum absolute atomic E-state index is 12.5. The first-order valence-electron chi connectivity index (χ1n) is 8.10. The normalized spacial score (nSPS) is 17.4. The third-order valence-corrected chi connectivity index (χ3v) is 4.11. The monoisotopic (exact) mass is 335 g/mol. The number of nitrogens with zero attached hydrogens (tertiary/aromatic N) is 1. The van der Waals surface area contributed by atoms with Gasteiger partial charge in [-0.25, -0.2) is 4.79 Å². The number of carbonyl (C=O) groups excluding carboxylic acids is 2. The van der Waals surface area contributed by atoms with Crippen molar-refractivity contribution in [2.45, 2.75) is 58.5 Å². The zero-order valence-corrected chi connectivity index (χ0v) is 14.4. The van der Waals surface area contributed by atoms with Crippen molar-refractivity contribution in [3.63, 3.8) is 0 Å². The Morgan fingerprint density at radius 2 is 1.92 bits per heavy atom. The van der Waals surface area contributed by atoms with Crippen molar-refractivity contribution < 1.29 is 24.5 Å². The molecule has 0 unspecified atom stereocenters. The van der Waals surface area contributed by atoms with E-state index in [0.717, 1.165) is 17.4 Å². The van der Waals surface area contributed by atoms with Crippen LogP contribution in [0.5, 0.6) is 0 Å². The van der Waals surface area contributed by atoms with E-state index in [2.05, 4.69) is 0 Å². The Morgan fingerprint density at radius 3 is 2.46 bits per heavy atom. The van der Waals surface area contributed by atoms with Gasteiger partial charge in [-0.05, 0) is 49.4 Å². The van der Waals surface area contributed by atoms with E-state index in [9.17, 15) is 19.8 Å². The molecule has 1 aliphatic heterocycles. The topological polar surface area (TPSA) is 87.1 Å². The van der Waals surface area contributed by atoms with Crippen LogP contribution in [0.2, 0.25) is 0 Å². The molecule has 1 aromatic rings. The highest BCUT2D eigenvalue weighted by Gasteiger charge is 2.34. The van der Waals surface area contributed by atoms with E-state index in [1.165, 1.54) is 0 Å². The fourth-order valence-corrected chi connectivity index (χ4v) is 3.03. The molecule has 1 aliphatic rings. The van der Waals surface area contributed by atoms with Crippen LogP contribution in [0.3, 0.4) is 0 Å². The molecule has 1 amide bonds. The summed E-state index contributed by atoms with van der Waals surface area (Å²) in [6.07, 6.45) is 1.12. The van der Waals surface area contributed by atoms with Crippen LogP contribution < -0.4 is 0 Å². The van der Waals surface area contributed by atoms with Crippen LogP contribution in [0, 0.1) is 0 Å². The van der Waals surface area contributed by atoms with E-state index >= 15 is 0 Å². The molecule has 0 saturated heterocycles. The Balaban J connectivity index is 2.40. The molecule has 2 rings (SSSR count). The van der Waals surface area contributed by atoms with Crippen LogP contribution in [0.25, 0.3) is 0 Å². The molecule has 0 fully saturated rings. The average Bonchev–Trinajstić information content (AvgIpc) is 2.52. The van der Waals surface area contributed by atoms with Crippen LogP contribution in [0.1, 0.15) is 55.5 Å². The molecule has 6 nitrogen and oxygen atoms in total. The largest absolute Gasteiger partial charge is 0.444 e. The van der Waals surface area contributed by atoms with Gasteiger partial charge in [-0.1, -0.05) is 12.1 Å². The molecule has 24 heavy (non-hydrogen) atoms. The van der Waals surface area contributed by atoms with Gasteiger partial charge in [-0.15, -0.1) is 0 Å². The molecule has 6 heteroatoms. The quantitative estimate of drug-likeness (QED) is 0.823. The lowest BCUT2D eigenvalue weighted by molar-refractivity contribution is -0.109. The van der Waals surface area contributed by atoms with Crippen LogP contribution in [-0.2, 0) is 29.2 Å². The number of ether oxygens (including phenoxy) is 1. The van der Waals surface area contributed by atoms with Gasteiger partial charge in [0.25, 0.3) is 0 Å². The summed E-state index contributed by atoms with van der Waals surface area (Å²) in [5.41, 5.74) is 2.49.